The standard InChI is InChI=1S/C13H8Cl3NO3/c14-7-8-1-2-9(15)5-12(8)20-13-6-10(17(18)19)3-4-11(13)16/h1-6H,7H2. The molecule has 0 fully saturated rings. The van der Waals surface area contributed by atoms with E-state index in [1.54, 1.807) is 18.2 Å². The lowest BCUT2D eigenvalue weighted by Gasteiger charge is -2.11. The number of hydrogen-bond acceptors (Lipinski definition) is 3. The van der Waals surface area contributed by atoms with E-state index in [1.807, 2.05) is 0 Å². The van der Waals surface area contributed by atoms with E-state index in [4.69, 9.17) is 39.5 Å². The third-order valence-electron chi connectivity index (χ3n) is 2.52. The summed E-state index contributed by atoms with van der Waals surface area (Å²) in [5.41, 5.74) is 0.595. The number of hydrogen-bond donors (Lipinski definition) is 0. The van der Waals surface area contributed by atoms with Crippen LogP contribution in [0.5, 0.6) is 11.5 Å². The fourth-order valence-corrected chi connectivity index (χ4v) is 2.08. The average molecular weight is 333 g/mol. The lowest BCUT2D eigenvalue weighted by Crippen LogP contribution is -1.93. The van der Waals surface area contributed by atoms with Crippen molar-refractivity contribution in [3.63, 3.8) is 0 Å². The second kappa shape index (κ2) is 6.31. The Morgan fingerprint density at radius 3 is 2.50 bits per heavy atom. The molecular weight excluding hydrogens is 325 g/mol. The molecular formula is C13H8Cl3NO3. The van der Waals surface area contributed by atoms with Crippen molar-refractivity contribution in [3.05, 3.63) is 62.1 Å². The fourth-order valence-electron chi connectivity index (χ4n) is 1.54. The molecule has 2 aromatic rings. The van der Waals surface area contributed by atoms with Crippen molar-refractivity contribution in [1.29, 1.82) is 0 Å². The Morgan fingerprint density at radius 2 is 1.85 bits per heavy atom. The first kappa shape index (κ1) is 14.9. The molecule has 0 spiro atoms. The van der Waals surface area contributed by atoms with Crippen LogP contribution in [0.2, 0.25) is 10.0 Å². The average Bonchev–Trinajstić information content (AvgIpc) is 2.41. The van der Waals surface area contributed by atoms with Crippen LogP contribution in [0.4, 0.5) is 5.69 Å². The van der Waals surface area contributed by atoms with Gasteiger partial charge in [-0.15, -0.1) is 11.6 Å². The minimum Gasteiger partial charge on any atom is -0.455 e. The van der Waals surface area contributed by atoms with E-state index >= 15 is 0 Å². The van der Waals surface area contributed by atoms with Crippen LogP contribution in [0.25, 0.3) is 0 Å². The zero-order valence-electron chi connectivity index (χ0n) is 9.98. The van der Waals surface area contributed by atoms with Gasteiger partial charge in [-0.2, -0.15) is 0 Å². The van der Waals surface area contributed by atoms with Crippen LogP contribution < -0.4 is 4.74 Å². The molecule has 2 rings (SSSR count). The van der Waals surface area contributed by atoms with Gasteiger partial charge in [-0.05, 0) is 18.2 Å². The van der Waals surface area contributed by atoms with Gasteiger partial charge in [-0.1, -0.05) is 29.3 Å². The van der Waals surface area contributed by atoms with Crippen LogP contribution in [0.15, 0.2) is 36.4 Å². The second-order valence-electron chi connectivity index (χ2n) is 3.86. The zero-order valence-corrected chi connectivity index (χ0v) is 12.2. The maximum Gasteiger partial charge on any atom is 0.273 e. The predicted molar refractivity (Wildman–Crippen MR) is 79.2 cm³/mol. The van der Waals surface area contributed by atoms with Gasteiger partial charge in [0.2, 0.25) is 0 Å². The third-order valence-corrected chi connectivity index (χ3v) is 3.35. The second-order valence-corrected chi connectivity index (χ2v) is 4.97. The van der Waals surface area contributed by atoms with Crippen LogP contribution in [-0.4, -0.2) is 4.92 Å². The van der Waals surface area contributed by atoms with Gasteiger partial charge >= 0.3 is 0 Å². The number of halogens is 3. The van der Waals surface area contributed by atoms with Gasteiger partial charge in [0.05, 0.1) is 21.9 Å². The molecule has 0 heterocycles. The first-order valence-electron chi connectivity index (χ1n) is 5.47. The fraction of sp³-hybridized carbons (Fsp3) is 0.0769. The van der Waals surface area contributed by atoms with E-state index in [-0.39, 0.29) is 22.3 Å². The Labute approximate surface area is 130 Å². The molecule has 0 unspecified atom stereocenters. The van der Waals surface area contributed by atoms with Crippen LogP contribution in [0.3, 0.4) is 0 Å². The summed E-state index contributed by atoms with van der Waals surface area (Å²) in [6.07, 6.45) is 0. The van der Waals surface area contributed by atoms with Crippen molar-refractivity contribution in [2.24, 2.45) is 0 Å². The Kier molecular flexibility index (Phi) is 4.70. The van der Waals surface area contributed by atoms with Gasteiger partial charge in [-0.25, -0.2) is 0 Å². The molecule has 0 amide bonds. The largest absolute Gasteiger partial charge is 0.455 e. The molecule has 0 aromatic heterocycles. The van der Waals surface area contributed by atoms with Gasteiger partial charge < -0.3 is 4.74 Å². The van der Waals surface area contributed by atoms with E-state index in [9.17, 15) is 10.1 Å². The molecule has 20 heavy (non-hydrogen) atoms. The van der Waals surface area contributed by atoms with E-state index in [2.05, 4.69) is 0 Å². The topological polar surface area (TPSA) is 52.4 Å². The van der Waals surface area contributed by atoms with Gasteiger partial charge in [0.25, 0.3) is 5.69 Å². The summed E-state index contributed by atoms with van der Waals surface area (Å²) in [5.74, 6) is 0.809. The summed E-state index contributed by atoms with van der Waals surface area (Å²) in [6, 6.07) is 8.93. The highest BCUT2D eigenvalue weighted by Crippen LogP contribution is 2.35. The van der Waals surface area contributed by atoms with E-state index in [0.717, 1.165) is 0 Å². The molecule has 0 N–H and O–H groups in total. The minimum atomic E-state index is -0.524. The quantitative estimate of drug-likeness (QED) is 0.426. The van der Waals surface area contributed by atoms with Crippen LogP contribution in [0, 0.1) is 10.1 Å². The molecule has 104 valence electrons. The maximum absolute atomic E-state index is 10.8. The van der Waals surface area contributed by atoms with E-state index in [1.165, 1.54) is 18.2 Å². The van der Waals surface area contributed by atoms with Crippen molar-refractivity contribution in [2.75, 3.05) is 0 Å². The molecule has 2 aromatic carbocycles. The molecule has 0 saturated carbocycles. The summed E-state index contributed by atoms with van der Waals surface area (Å²) < 4.78 is 5.60. The smallest absolute Gasteiger partial charge is 0.273 e. The monoisotopic (exact) mass is 331 g/mol. The number of nitrogens with zero attached hydrogens (tertiary/aromatic N) is 1. The lowest BCUT2D eigenvalue weighted by molar-refractivity contribution is -0.384. The summed E-state index contributed by atoms with van der Waals surface area (Å²) in [6.45, 7) is 0. The van der Waals surface area contributed by atoms with Crippen molar-refractivity contribution in [1.82, 2.24) is 0 Å². The minimum absolute atomic E-state index is 0.112. The van der Waals surface area contributed by atoms with Crippen molar-refractivity contribution in [3.8, 4) is 11.5 Å². The number of rotatable bonds is 4. The number of alkyl halides is 1. The lowest BCUT2D eigenvalue weighted by atomic mass is 10.2. The summed E-state index contributed by atoms with van der Waals surface area (Å²) in [5, 5.41) is 11.5. The Hall–Kier alpha value is -1.49. The van der Waals surface area contributed by atoms with E-state index < -0.39 is 4.92 Å². The van der Waals surface area contributed by atoms with Gasteiger partial charge in [0.1, 0.15) is 5.75 Å². The summed E-state index contributed by atoms with van der Waals surface area (Å²) >= 11 is 17.7. The molecule has 0 atom stereocenters. The highest BCUT2D eigenvalue weighted by Gasteiger charge is 2.13. The number of ether oxygens (including phenoxy) is 1. The normalized spacial score (nSPS) is 10.3. The first-order valence-corrected chi connectivity index (χ1v) is 6.76. The summed E-state index contributed by atoms with van der Waals surface area (Å²) in [4.78, 5) is 10.2. The molecule has 4 nitrogen and oxygen atoms in total. The molecule has 0 saturated heterocycles. The van der Waals surface area contributed by atoms with E-state index in [0.29, 0.717) is 16.3 Å². The third kappa shape index (κ3) is 3.33. The molecule has 0 aliphatic heterocycles. The molecule has 0 aliphatic rings. The van der Waals surface area contributed by atoms with Gasteiger partial charge in [0.15, 0.2) is 5.75 Å². The van der Waals surface area contributed by atoms with Crippen molar-refractivity contribution < 1.29 is 9.66 Å². The van der Waals surface area contributed by atoms with Crippen LogP contribution in [0.1, 0.15) is 5.56 Å². The van der Waals surface area contributed by atoms with Crippen molar-refractivity contribution in [2.45, 2.75) is 5.88 Å². The highest BCUT2D eigenvalue weighted by atomic mass is 35.5. The summed E-state index contributed by atoms with van der Waals surface area (Å²) in [7, 11) is 0. The Balaban J connectivity index is 2.41. The predicted octanol–water partition coefficient (Wildman–Crippen LogP) is 5.43. The Bertz CT molecular complexity index is 661. The maximum atomic E-state index is 10.8. The molecule has 0 radical (unpaired) electrons. The Morgan fingerprint density at radius 1 is 1.10 bits per heavy atom. The number of nitro benzene ring substituents is 1. The molecule has 0 bridgehead atoms. The van der Waals surface area contributed by atoms with Crippen LogP contribution in [-0.2, 0) is 5.88 Å². The SMILES string of the molecule is O=[N+]([O-])c1ccc(Cl)c(Oc2cc(Cl)ccc2CCl)c1. The number of nitro groups is 1. The van der Waals surface area contributed by atoms with Crippen LogP contribution >= 0.6 is 34.8 Å². The highest BCUT2D eigenvalue weighted by molar-refractivity contribution is 6.32. The van der Waals surface area contributed by atoms with Gasteiger partial charge in [-0.3, -0.25) is 10.1 Å². The number of non-ortho nitro benzene ring substituents is 1. The first-order chi connectivity index (χ1) is 9.51. The zero-order chi connectivity index (χ0) is 14.7. The molecule has 0 aliphatic carbocycles. The van der Waals surface area contributed by atoms with Crippen molar-refractivity contribution >= 4 is 40.5 Å². The van der Waals surface area contributed by atoms with Gasteiger partial charge in [0, 0.05) is 16.7 Å². The number of benzene rings is 2. The molecule has 7 heteroatoms.